The Labute approximate surface area is 198 Å². The first-order valence-electron chi connectivity index (χ1n) is 9.24. The van der Waals surface area contributed by atoms with Crippen LogP contribution >= 0.6 is 27.5 Å². The van der Waals surface area contributed by atoms with Crippen LogP contribution in [0.4, 0.5) is 0 Å². The zero-order valence-electron chi connectivity index (χ0n) is 17.1. The Balaban J connectivity index is 1.77. The molecule has 0 bridgehead atoms. The van der Waals surface area contributed by atoms with Crippen LogP contribution in [0, 0.1) is 0 Å². The molecule has 0 heterocycles. The molecule has 0 radical (unpaired) electrons. The van der Waals surface area contributed by atoms with E-state index in [4.69, 9.17) is 25.8 Å². The number of rotatable bonds is 7. The number of ether oxygens (including phenoxy) is 3. The lowest BCUT2D eigenvalue weighted by Gasteiger charge is -2.11. The highest BCUT2D eigenvalue weighted by atomic mass is 79.9. The number of halogens is 2. The molecule has 0 aliphatic carbocycles. The fraction of sp³-hybridized carbons (Fsp3) is 0.0870. The van der Waals surface area contributed by atoms with Crippen LogP contribution in [0.15, 0.2) is 70.2 Å². The van der Waals surface area contributed by atoms with Crippen LogP contribution in [-0.4, -0.2) is 32.3 Å². The molecule has 164 valence electrons. The highest BCUT2D eigenvalue weighted by molar-refractivity contribution is 9.10. The van der Waals surface area contributed by atoms with E-state index in [2.05, 4.69) is 26.5 Å². The van der Waals surface area contributed by atoms with Gasteiger partial charge in [-0.05, 0) is 54.6 Å². The molecule has 1 N–H and O–H groups in total. The number of methoxy groups -OCH3 is 2. The molecule has 0 aromatic heterocycles. The van der Waals surface area contributed by atoms with E-state index < -0.39 is 11.9 Å². The summed E-state index contributed by atoms with van der Waals surface area (Å²) in [7, 11) is 2.99. The van der Waals surface area contributed by atoms with Gasteiger partial charge in [0.2, 0.25) is 0 Å². The van der Waals surface area contributed by atoms with Gasteiger partial charge in [-0.25, -0.2) is 10.2 Å². The van der Waals surface area contributed by atoms with Crippen LogP contribution in [0.1, 0.15) is 26.3 Å². The molecule has 7 nitrogen and oxygen atoms in total. The average Bonchev–Trinajstić information content (AvgIpc) is 2.80. The largest absolute Gasteiger partial charge is 0.493 e. The third-order valence-corrected chi connectivity index (χ3v) is 4.98. The molecular formula is C23H18BrClN2O5. The normalized spacial score (nSPS) is 10.6. The molecule has 0 aliphatic heterocycles. The van der Waals surface area contributed by atoms with Crippen molar-refractivity contribution in [2.24, 2.45) is 5.10 Å². The number of hydrogen-bond donors (Lipinski definition) is 1. The van der Waals surface area contributed by atoms with Crippen molar-refractivity contribution in [3.05, 3.63) is 86.8 Å². The summed E-state index contributed by atoms with van der Waals surface area (Å²) in [5, 5.41) is 4.41. The van der Waals surface area contributed by atoms with Crippen molar-refractivity contribution in [2.75, 3.05) is 14.2 Å². The number of nitrogens with one attached hydrogen (secondary N) is 1. The van der Waals surface area contributed by atoms with E-state index in [-0.39, 0.29) is 11.3 Å². The molecule has 0 atom stereocenters. The first-order valence-corrected chi connectivity index (χ1v) is 10.4. The molecule has 9 heteroatoms. The maximum Gasteiger partial charge on any atom is 0.343 e. The summed E-state index contributed by atoms with van der Waals surface area (Å²) in [6.45, 7) is 0. The van der Waals surface area contributed by atoms with Crippen LogP contribution in [-0.2, 0) is 0 Å². The highest BCUT2D eigenvalue weighted by Crippen LogP contribution is 2.29. The van der Waals surface area contributed by atoms with Gasteiger partial charge in [0.15, 0.2) is 11.5 Å². The minimum absolute atomic E-state index is 0.258. The van der Waals surface area contributed by atoms with Crippen LogP contribution in [0.5, 0.6) is 17.2 Å². The van der Waals surface area contributed by atoms with E-state index in [0.29, 0.717) is 27.6 Å². The summed E-state index contributed by atoms with van der Waals surface area (Å²) < 4.78 is 16.7. The molecule has 0 aliphatic rings. The predicted octanol–water partition coefficient (Wildman–Crippen LogP) is 5.10. The molecule has 3 aromatic carbocycles. The second-order valence-electron chi connectivity index (χ2n) is 6.35. The SMILES string of the molecule is COc1ccc(C(=O)Oc2ccc(Br)cc2/C=N\NC(=O)c2cccc(Cl)c2)cc1OC. The van der Waals surface area contributed by atoms with Gasteiger partial charge in [0.1, 0.15) is 5.75 Å². The van der Waals surface area contributed by atoms with Gasteiger partial charge < -0.3 is 14.2 Å². The number of carbonyl (C=O) groups is 2. The topological polar surface area (TPSA) is 86.2 Å². The number of hydrazone groups is 1. The number of amides is 1. The van der Waals surface area contributed by atoms with Crippen molar-refractivity contribution < 1.29 is 23.8 Å². The summed E-state index contributed by atoms with van der Waals surface area (Å²) in [4.78, 5) is 24.9. The first-order chi connectivity index (χ1) is 15.4. The summed E-state index contributed by atoms with van der Waals surface area (Å²) in [5.41, 5.74) is 3.54. The zero-order chi connectivity index (χ0) is 23.1. The van der Waals surface area contributed by atoms with Gasteiger partial charge in [-0.1, -0.05) is 33.6 Å². The number of nitrogens with zero attached hydrogens (tertiary/aromatic N) is 1. The lowest BCUT2D eigenvalue weighted by atomic mass is 10.2. The maximum atomic E-state index is 12.7. The van der Waals surface area contributed by atoms with Crippen molar-refractivity contribution in [1.82, 2.24) is 5.43 Å². The average molecular weight is 518 g/mol. The molecule has 0 spiro atoms. The van der Waals surface area contributed by atoms with Crippen molar-refractivity contribution in [3.8, 4) is 17.2 Å². The molecule has 0 saturated carbocycles. The number of hydrogen-bond acceptors (Lipinski definition) is 6. The Morgan fingerprint density at radius 3 is 2.41 bits per heavy atom. The summed E-state index contributed by atoms with van der Waals surface area (Å²) >= 11 is 9.28. The van der Waals surface area contributed by atoms with Crippen molar-refractivity contribution >= 4 is 45.6 Å². The van der Waals surface area contributed by atoms with Gasteiger partial charge in [0, 0.05) is 20.6 Å². The Bertz CT molecular complexity index is 1180. The van der Waals surface area contributed by atoms with E-state index in [1.807, 2.05) is 0 Å². The maximum absolute atomic E-state index is 12.7. The van der Waals surface area contributed by atoms with E-state index >= 15 is 0 Å². The summed E-state index contributed by atoms with van der Waals surface area (Å²) in [6.07, 6.45) is 1.38. The molecule has 0 fully saturated rings. The third kappa shape index (κ3) is 5.87. The molecule has 3 aromatic rings. The molecule has 3 rings (SSSR count). The minimum Gasteiger partial charge on any atom is -0.493 e. The molecule has 0 unspecified atom stereocenters. The van der Waals surface area contributed by atoms with Gasteiger partial charge >= 0.3 is 5.97 Å². The third-order valence-electron chi connectivity index (χ3n) is 4.25. The molecular weight excluding hydrogens is 500 g/mol. The first kappa shape index (κ1) is 23.3. The summed E-state index contributed by atoms with van der Waals surface area (Å²) in [5.74, 6) is 0.140. The van der Waals surface area contributed by atoms with Crippen LogP contribution < -0.4 is 19.6 Å². The van der Waals surface area contributed by atoms with Crippen molar-refractivity contribution in [1.29, 1.82) is 0 Å². The number of esters is 1. The van der Waals surface area contributed by atoms with Crippen molar-refractivity contribution in [2.45, 2.75) is 0 Å². The van der Waals surface area contributed by atoms with Crippen molar-refractivity contribution in [3.63, 3.8) is 0 Å². The van der Waals surface area contributed by atoms with Crippen LogP contribution in [0.25, 0.3) is 0 Å². The highest BCUT2D eigenvalue weighted by Gasteiger charge is 2.15. The number of benzene rings is 3. The summed E-state index contributed by atoms with van der Waals surface area (Å²) in [6, 6.07) is 16.2. The van der Waals surface area contributed by atoms with Crippen LogP contribution in [0.3, 0.4) is 0 Å². The minimum atomic E-state index is -0.592. The van der Waals surface area contributed by atoms with Gasteiger partial charge in [-0.3, -0.25) is 4.79 Å². The second-order valence-corrected chi connectivity index (χ2v) is 7.70. The monoisotopic (exact) mass is 516 g/mol. The van der Waals surface area contributed by atoms with E-state index in [0.717, 1.165) is 4.47 Å². The Kier molecular flexibility index (Phi) is 7.86. The van der Waals surface area contributed by atoms with Crippen LogP contribution in [0.2, 0.25) is 5.02 Å². The fourth-order valence-corrected chi connectivity index (χ4v) is 3.26. The Morgan fingerprint density at radius 1 is 0.938 bits per heavy atom. The quantitative estimate of drug-likeness (QED) is 0.204. The lowest BCUT2D eigenvalue weighted by molar-refractivity contribution is 0.0733. The molecule has 32 heavy (non-hydrogen) atoms. The predicted molar refractivity (Wildman–Crippen MR) is 125 cm³/mol. The van der Waals surface area contributed by atoms with Gasteiger partial charge in [0.25, 0.3) is 5.91 Å². The fourth-order valence-electron chi connectivity index (χ4n) is 2.69. The van der Waals surface area contributed by atoms with E-state index in [9.17, 15) is 9.59 Å². The second kappa shape index (κ2) is 10.8. The smallest absolute Gasteiger partial charge is 0.343 e. The molecule has 0 saturated heterocycles. The standard InChI is InChI=1S/C23H18BrClN2O5/c1-30-20-8-6-15(12-21(20)31-2)23(29)32-19-9-7-17(24)10-16(19)13-26-27-22(28)14-4-3-5-18(25)11-14/h3-13H,1-2H3,(H,27,28)/b26-13-. The lowest BCUT2D eigenvalue weighted by Crippen LogP contribution is -2.17. The zero-order valence-corrected chi connectivity index (χ0v) is 19.4. The van der Waals surface area contributed by atoms with Gasteiger partial charge in [-0.2, -0.15) is 5.10 Å². The Hall–Kier alpha value is -3.36. The van der Waals surface area contributed by atoms with E-state index in [1.54, 1.807) is 48.5 Å². The number of carbonyl (C=O) groups excluding carboxylic acids is 2. The Morgan fingerprint density at radius 2 is 1.69 bits per heavy atom. The van der Waals surface area contributed by atoms with Gasteiger partial charge in [0.05, 0.1) is 26.0 Å². The molecule has 1 amide bonds. The van der Waals surface area contributed by atoms with E-state index in [1.165, 1.54) is 32.6 Å². The van der Waals surface area contributed by atoms with Gasteiger partial charge in [-0.15, -0.1) is 0 Å².